The Bertz CT molecular complexity index is 1160. The van der Waals surface area contributed by atoms with Crippen molar-refractivity contribution in [3.05, 3.63) is 71.2 Å². The van der Waals surface area contributed by atoms with E-state index in [2.05, 4.69) is 4.98 Å². The maximum atomic E-state index is 13.6. The Balaban J connectivity index is 1.65. The van der Waals surface area contributed by atoms with Crippen molar-refractivity contribution >= 4 is 26.5 Å². The number of hydrogen-bond acceptors (Lipinski definition) is 2. The standard InChI is InChI=1S/C21H21FN2O2S/c1-14-3-4-15(2)21(11-14)27(25,26)24-9-7-16(8-10-24)19-13-23-20-6-5-17(22)12-18(19)20/h3-7,11-13,23H,8-10H2,1-2H3. The van der Waals surface area contributed by atoms with Gasteiger partial charge in [-0.2, -0.15) is 4.31 Å². The molecule has 140 valence electrons. The predicted molar refractivity (Wildman–Crippen MR) is 106 cm³/mol. The van der Waals surface area contributed by atoms with E-state index in [-0.39, 0.29) is 5.82 Å². The lowest BCUT2D eigenvalue weighted by atomic mass is 10.00. The number of aromatic amines is 1. The second-order valence-electron chi connectivity index (χ2n) is 7.00. The first-order valence-corrected chi connectivity index (χ1v) is 10.3. The fourth-order valence-electron chi connectivity index (χ4n) is 3.60. The Labute approximate surface area is 158 Å². The lowest BCUT2D eigenvalue weighted by Gasteiger charge is -2.26. The number of nitrogens with zero attached hydrogens (tertiary/aromatic N) is 1. The highest BCUT2D eigenvalue weighted by atomic mass is 32.2. The fourth-order valence-corrected chi connectivity index (χ4v) is 5.29. The molecule has 1 aromatic heterocycles. The molecule has 0 saturated carbocycles. The zero-order valence-corrected chi connectivity index (χ0v) is 16.1. The number of fused-ring (bicyclic) bond motifs is 1. The number of sulfonamides is 1. The second kappa shape index (κ2) is 6.62. The van der Waals surface area contributed by atoms with Gasteiger partial charge in [0.1, 0.15) is 5.82 Å². The highest BCUT2D eigenvalue weighted by Crippen LogP contribution is 2.31. The van der Waals surface area contributed by atoms with Crippen LogP contribution in [-0.2, 0) is 10.0 Å². The molecule has 0 radical (unpaired) electrons. The van der Waals surface area contributed by atoms with Crippen LogP contribution >= 0.6 is 0 Å². The number of H-pyrrole nitrogens is 1. The van der Waals surface area contributed by atoms with Gasteiger partial charge in [0, 0.05) is 35.8 Å². The number of aromatic nitrogens is 1. The summed E-state index contributed by atoms with van der Waals surface area (Å²) in [4.78, 5) is 3.52. The first-order chi connectivity index (χ1) is 12.9. The Hall–Kier alpha value is -2.44. The Morgan fingerprint density at radius 1 is 1.11 bits per heavy atom. The summed E-state index contributed by atoms with van der Waals surface area (Å²) >= 11 is 0. The molecule has 0 fully saturated rings. The van der Waals surface area contributed by atoms with E-state index in [1.54, 1.807) is 12.1 Å². The van der Waals surface area contributed by atoms with Crippen molar-refractivity contribution in [2.45, 2.75) is 25.2 Å². The lowest BCUT2D eigenvalue weighted by Crippen LogP contribution is -2.35. The quantitative estimate of drug-likeness (QED) is 0.728. The van der Waals surface area contributed by atoms with Crippen molar-refractivity contribution < 1.29 is 12.8 Å². The minimum atomic E-state index is -3.54. The van der Waals surface area contributed by atoms with E-state index in [4.69, 9.17) is 0 Å². The number of nitrogens with one attached hydrogen (secondary N) is 1. The zero-order valence-electron chi connectivity index (χ0n) is 15.3. The van der Waals surface area contributed by atoms with Gasteiger partial charge in [-0.15, -0.1) is 0 Å². The zero-order chi connectivity index (χ0) is 19.2. The maximum Gasteiger partial charge on any atom is 0.243 e. The third-order valence-corrected chi connectivity index (χ3v) is 7.13. The Morgan fingerprint density at radius 2 is 1.93 bits per heavy atom. The molecule has 2 aromatic carbocycles. The van der Waals surface area contributed by atoms with Crippen LogP contribution in [0.4, 0.5) is 4.39 Å². The highest BCUT2D eigenvalue weighted by molar-refractivity contribution is 7.89. The normalized spacial score (nSPS) is 15.9. The van der Waals surface area contributed by atoms with Gasteiger partial charge in [-0.05, 0) is 61.2 Å². The van der Waals surface area contributed by atoms with E-state index in [1.165, 1.54) is 16.4 Å². The average molecular weight is 384 g/mol. The number of halogens is 1. The summed E-state index contributed by atoms with van der Waals surface area (Å²) in [5.41, 5.74) is 4.53. The number of hydrogen-bond donors (Lipinski definition) is 1. The van der Waals surface area contributed by atoms with Crippen LogP contribution in [0.5, 0.6) is 0 Å². The highest BCUT2D eigenvalue weighted by Gasteiger charge is 2.28. The second-order valence-corrected chi connectivity index (χ2v) is 8.91. The van der Waals surface area contributed by atoms with Crippen molar-refractivity contribution in [1.82, 2.24) is 9.29 Å². The third kappa shape index (κ3) is 3.19. The molecule has 2 heterocycles. The van der Waals surface area contributed by atoms with Gasteiger partial charge in [-0.1, -0.05) is 18.2 Å². The summed E-state index contributed by atoms with van der Waals surface area (Å²) in [5.74, 6) is -0.279. The van der Waals surface area contributed by atoms with Gasteiger partial charge in [-0.3, -0.25) is 0 Å². The SMILES string of the molecule is Cc1ccc(C)c(S(=O)(=O)N2CC=C(c3c[nH]c4ccc(F)cc34)CC2)c1. The van der Waals surface area contributed by atoms with Crippen molar-refractivity contribution in [1.29, 1.82) is 0 Å². The molecule has 0 atom stereocenters. The molecule has 0 unspecified atom stereocenters. The molecule has 0 spiro atoms. The smallest absolute Gasteiger partial charge is 0.243 e. The van der Waals surface area contributed by atoms with Gasteiger partial charge >= 0.3 is 0 Å². The van der Waals surface area contributed by atoms with Crippen LogP contribution in [0.15, 0.2) is 53.6 Å². The molecule has 1 aliphatic heterocycles. The number of aryl methyl sites for hydroxylation is 2. The molecule has 0 saturated heterocycles. The lowest BCUT2D eigenvalue weighted by molar-refractivity contribution is 0.441. The first-order valence-electron chi connectivity index (χ1n) is 8.90. The van der Waals surface area contributed by atoms with E-state index in [1.807, 2.05) is 38.3 Å². The van der Waals surface area contributed by atoms with Crippen molar-refractivity contribution in [3.63, 3.8) is 0 Å². The van der Waals surface area contributed by atoms with Gasteiger partial charge in [0.2, 0.25) is 10.0 Å². The minimum absolute atomic E-state index is 0.279. The van der Waals surface area contributed by atoms with E-state index < -0.39 is 10.0 Å². The first kappa shape index (κ1) is 17.9. The van der Waals surface area contributed by atoms with Crippen LogP contribution in [0.2, 0.25) is 0 Å². The largest absolute Gasteiger partial charge is 0.361 e. The molecule has 4 nitrogen and oxygen atoms in total. The molecule has 1 N–H and O–H groups in total. The molecule has 6 heteroatoms. The van der Waals surface area contributed by atoms with E-state index in [9.17, 15) is 12.8 Å². The molecular weight excluding hydrogens is 363 g/mol. The fraction of sp³-hybridized carbons (Fsp3) is 0.238. The van der Waals surface area contributed by atoms with E-state index in [0.29, 0.717) is 24.4 Å². The topological polar surface area (TPSA) is 53.2 Å². The molecule has 0 amide bonds. The molecule has 1 aliphatic rings. The van der Waals surface area contributed by atoms with E-state index >= 15 is 0 Å². The molecule has 0 aliphatic carbocycles. The summed E-state index contributed by atoms with van der Waals surface area (Å²) < 4.78 is 41.2. The summed E-state index contributed by atoms with van der Waals surface area (Å²) in [5, 5.41) is 0.826. The van der Waals surface area contributed by atoms with Gasteiger partial charge in [0.15, 0.2) is 0 Å². The predicted octanol–water partition coefficient (Wildman–Crippen LogP) is 4.40. The van der Waals surface area contributed by atoms with Gasteiger partial charge < -0.3 is 4.98 Å². The molecular formula is C21H21FN2O2S. The molecule has 3 aromatic rings. The van der Waals surface area contributed by atoms with Crippen LogP contribution in [0.25, 0.3) is 16.5 Å². The molecule has 27 heavy (non-hydrogen) atoms. The molecule has 0 bridgehead atoms. The van der Waals surface area contributed by atoms with Gasteiger partial charge in [-0.25, -0.2) is 12.8 Å². The Morgan fingerprint density at radius 3 is 2.67 bits per heavy atom. The van der Waals surface area contributed by atoms with Crippen LogP contribution in [-0.4, -0.2) is 30.8 Å². The van der Waals surface area contributed by atoms with Crippen LogP contribution < -0.4 is 0 Å². The van der Waals surface area contributed by atoms with Crippen LogP contribution in [0.1, 0.15) is 23.1 Å². The monoisotopic (exact) mass is 384 g/mol. The average Bonchev–Trinajstić information content (AvgIpc) is 3.06. The van der Waals surface area contributed by atoms with Gasteiger partial charge in [0.25, 0.3) is 0 Å². The summed E-state index contributed by atoms with van der Waals surface area (Å²) in [6.07, 6.45) is 4.39. The van der Waals surface area contributed by atoms with Crippen molar-refractivity contribution in [2.24, 2.45) is 0 Å². The summed E-state index contributed by atoms with van der Waals surface area (Å²) in [6, 6.07) is 10.1. The Kier molecular flexibility index (Phi) is 4.40. The summed E-state index contributed by atoms with van der Waals surface area (Å²) in [7, 11) is -3.54. The summed E-state index contributed by atoms with van der Waals surface area (Å²) in [6.45, 7) is 4.43. The molecule has 4 rings (SSSR count). The van der Waals surface area contributed by atoms with Gasteiger partial charge in [0.05, 0.1) is 4.90 Å². The van der Waals surface area contributed by atoms with Crippen molar-refractivity contribution in [3.8, 4) is 0 Å². The van der Waals surface area contributed by atoms with Crippen molar-refractivity contribution in [2.75, 3.05) is 13.1 Å². The number of benzene rings is 2. The third-order valence-electron chi connectivity index (χ3n) is 5.12. The number of rotatable bonds is 3. The van der Waals surface area contributed by atoms with E-state index in [0.717, 1.165) is 33.2 Å². The minimum Gasteiger partial charge on any atom is -0.361 e. The van der Waals surface area contributed by atoms with Crippen LogP contribution in [0.3, 0.4) is 0 Å². The van der Waals surface area contributed by atoms with Crippen LogP contribution in [0, 0.1) is 19.7 Å². The maximum absolute atomic E-state index is 13.6.